The number of fused-ring (bicyclic) bond motifs is 3. The standard InChI is InChI=1S/C24H32N6O5/c1-5-26-21(32)18-13(31)9-16(35-18)30-11-27-17-19(25)28-15(29-20(17)30)6-7-24(34)10-12-8-14(22(12,2)3)23(24,4)33/h11-14,16,18,31,33-34H,5,8-10H2,1-4H3,(H,26,32)(H2,25,28,29)/t12?,13-,14?,16-,18+,23-,24-/m1/s1. The smallest absolute Gasteiger partial charge is 0.251 e. The number of anilines is 1. The minimum atomic E-state index is -1.60. The van der Waals surface area contributed by atoms with Gasteiger partial charge in [-0.05, 0) is 49.9 Å². The second-order valence-electron chi connectivity index (χ2n) is 10.7. The summed E-state index contributed by atoms with van der Waals surface area (Å²) in [5.74, 6) is 5.64. The summed E-state index contributed by atoms with van der Waals surface area (Å²) in [4.78, 5) is 25.2. The van der Waals surface area contributed by atoms with Gasteiger partial charge in [-0.1, -0.05) is 19.8 Å². The molecule has 1 saturated heterocycles. The molecule has 2 unspecified atom stereocenters. The van der Waals surface area contributed by atoms with E-state index in [-0.39, 0.29) is 41.2 Å². The van der Waals surface area contributed by atoms with E-state index in [2.05, 4.69) is 46.0 Å². The van der Waals surface area contributed by atoms with Crippen LogP contribution >= 0.6 is 0 Å². The molecule has 6 rings (SSSR count). The number of carbonyl (C=O) groups is 1. The third-order valence-electron chi connectivity index (χ3n) is 8.37. The number of imidazole rings is 1. The quantitative estimate of drug-likeness (QED) is 0.379. The van der Waals surface area contributed by atoms with Crippen LogP contribution < -0.4 is 11.1 Å². The summed E-state index contributed by atoms with van der Waals surface area (Å²) >= 11 is 0. The third-order valence-corrected chi connectivity index (χ3v) is 8.37. The summed E-state index contributed by atoms with van der Waals surface area (Å²) in [6.07, 6.45) is 0.189. The minimum Gasteiger partial charge on any atom is -0.390 e. The zero-order chi connectivity index (χ0) is 25.3. The average Bonchev–Trinajstić information content (AvgIpc) is 3.38. The first-order chi connectivity index (χ1) is 16.4. The predicted octanol–water partition coefficient (Wildman–Crippen LogP) is 0.0926. The van der Waals surface area contributed by atoms with Crippen LogP contribution in [0.2, 0.25) is 0 Å². The highest BCUT2D eigenvalue weighted by molar-refractivity contribution is 5.83. The van der Waals surface area contributed by atoms with Crippen molar-refractivity contribution in [2.75, 3.05) is 12.3 Å². The van der Waals surface area contributed by atoms with Crippen LogP contribution in [0.5, 0.6) is 0 Å². The largest absolute Gasteiger partial charge is 0.390 e. The Hall–Kier alpha value is -2.78. The molecule has 2 aromatic heterocycles. The van der Waals surface area contributed by atoms with E-state index in [9.17, 15) is 20.1 Å². The van der Waals surface area contributed by atoms with Gasteiger partial charge < -0.3 is 31.1 Å². The van der Waals surface area contributed by atoms with Crippen LogP contribution in [0.1, 0.15) is 59.0 Å². The second-order valence-corrected chi connectivity index (χ2v) is 10.7. The van der Waals surface area contributed by atoms with Gasteiger partial charge in [0.1, 0.15) is 17.3 Å². The average molecular weight is 485 g/mol. The molecule has 3 saturated carbocycles. The van der Waals surface area contributed by atoms with E-state index >= 15 is 0 Å². The molecule has 188 valence electrons. The fraction of sp³-hybridized carbons (Fsp3) is 0.667. The summed E-state index contributed by atoms with van der Waals surface area (Å²) in [6, 6.07) is 0. The van der Waals surface area contributed by atoms with Crippen LogP contribution in [0.4, 0.5) is 5.82 Å². The molecule has 0 aromatic carbocycles. The van der Waals surface area contributed by atoms with Crippen molar-refractivity contribution in [3.8, 4) is 11.8 Å². The Labute approximate surface area is 203 Å². The molecular weight excluding hydrogens is 452 g/mol. The van der Waals surface area contributed by atoms with Crippen molar-refractivity contribution in [1.29, 1.82) is 0 Å². The minimum absolute atomic E-state index is 0.0541. The highest BCUT2D eigenvalue weighted by Gasteiger charge is 2.68. The molecule has 1 amide bonds. The molecule has 4 fully saturated rings. The highest BCUT2D eigenvalue weighted by Crippen LogP contribution is 2.65. The zero-order valence-electron chi connectivity index (χ0n) is 20.3. The van der Waals surface area contributed by atoms with E-state index < -0.39 is 29.6 Å². The lowest BCUT2D eigenvalue weighted by Gasteiger charge is -2.66. The lowest BCUT2D eigenvalue weighted by Crippen LogP contribution is -2.71. The fourth-order valence-electron chi connectivity index (χ4n) is 6.05. The van der Waals surface area contributed by atoms with Gasteiger partial charge in [-0.25, -0.2) is 15.0 Å². The molecular formula is C24H32N6O5. The van der Waals surface area contributed by atoms with E-state index in [0.717, 1.165) is 6.42 Å². The number of likely N-dealkylation sites (N-methyl/N-ethyl adjacent to an activating group) is 1. The summed E-state index contributed by atoms with van der Waals surface area (Å²) in [6.45, 7) is 8.09. The Morgan fingerprint density at radius 2 is 2.06 bits per heavy atom. The number of nitrogens with one attached hydrogen (secondary N) is 1. The first-order valence-electron chi connectivity index (χ1n) is 12.0. The first kappa shape index (κ1) is 23.9. The summed E-state index contributed by atoms with van der Waals surface area (Å²) in [5, 5.41) is 35.5. The Kier molecular flexibility index (Phi) is 5.38. The molecule has 4 aliphatic rings. The maximum atomic E-state index is 12.2. The number of hydrogen-bond donors (Lipinski definition) is 5. The van der Waals surface area contributed by atoms with Gasteiger partial charge in [0.25, 0.3) is 5.91 Å². The number of carbonyl (C=O) groups excluding carboxylic acids is 1. The topological polar surface area (TPSA) is 169 Å². The van der Waals surface area contributed by atoms with Crippen LogP contribution in [0.3, 0.4) is 0 Å². The molecule has 11 nitrogen and oxygen atoms in total. The van der Waals surface area contributed by atoms with Gasteiger partial charge in [0.15, 0.2) is 23.2 Å². The highest BCUT2D eigenvalue weighted by atomic mass is 16.5. The Bertz CT molecular complexity index is 1250. The molecule has 0 spiro atoms. The number of aliphatic hydroxyl groups is 3. The van der Waals surface area contributed by atoms with Crippen LogP contribution in [-0.2, 0) is 9.53 Å². The second kappa shape index (κ2) is 7.86. The number of aliphatic hydroxyl groups excluding tert-OH is 1. The van der Waals surface area contributed by atoms with Crippen molar-refractivity contribution in [2.45, 2.75) is 76.6 Å². The van der Waals surface area contributed by atoms with E-state index in [4.69, 9.17) is 10.5 Å². The first-order valence-corrected chi connectivity index (χ1v) is 12.0. The van der Waals surface area contributed by atoms with Crippen molar-refractivity contribution in [2.24, 2.45) is 17.3 Å². The Morgan fingerprint density at radius 3 is 2.71 bits per heavy atom. The van der Waals surface area contributed by atoms with Crippen LogP contribution in [-0.4, -0.2) is 70.7 Å². The maximum absolute atomic E-state index is 12.2. The molecule has 6 N–H and O–H groups in total. The maximum Gasteiger partial charge on any atom is 0.251 e. The molecule has 7 atom stereocenters. The van der Waals surface area contributed by atoms with Gasteiger partial charge in [0.05, 0.1) is 12.4 Å². The number of nitrogen functional groups attached to an aromatic ring is 1. The molecule has 1 aliphatic heterocycles. The zero-order valence-corrected chi connectivity index (χ0v) is 20.3. The number of ether oxygens (including phenoxy) is 1. The van der Waals surface area contributed by atoms with Gasteiger partial charge in [0.2, 0.25) is 5.82 Å². The lowest BCUT2D eigenvalue weighted by molar-refractivity contribution is -0.271. The molecule has 35 heavy (non-hydrogen) atoms. The van der Waals surface area contributed by atoms with Crippen LogP contribution in [0.25, 0.3) is 11.2 Å². The monoisotopic (exact) mass is 484 g/mol. The van der Waals surface area contributed by atoms with Crippen molar-refractivity contribution < 1.29 is 24.9 Å². The van der Waals surface area contributed by atoms with Gasteiger partial charge in [-0.15, -0.1) is 0 Å². The fourth-order valence-corrected chi connectivity index (χ4v) is 6.05. The normalized spacial score (nSPS) is 37.4. The molecule has 2 aromatic rings. The number of rotatable bonds is 3. The molecule has 11 heteroatoms. The lowest BCUT2D eigenvalue weighted by atomic mass is 9.41. The van der Waals surface area contributed by atoms with Gasteiger partial charge in [-0.3, -0.25) is 9.36 Å². The van der Waals surface area contributed by atoms with Gasteiger partial charge >= 0.3 is 0 Å². The Balaban J connectivity index is 1.45. The van der Waals surface area contributed by atoms with E-state index in [1.165, 1.54) is 6.33 Å². The van der Waals surface area contributed by atoms with Gasteiger partial charge in [0, 0.05) is 13.0 Å². The van der Waals surface area contributed by atoms with Crippen LogP contribution in [0, 0.1) is 29.1 Å². The van der Waals surface area contributed by atoms with Gasteiger partial charge in [-0.2, -0.15) is 0 Å². The number of nitrogens with zero attached hydrogens (tertiary/aromatic N) is 4. The molecule has 3 aliphatic carbocycles. The molecule has 3 heterocycles. The van der Waals surface area contributed by atoms with Crippen molar-refractivity contribution in [3.05, 3.63) is 12.2 Å². The molecule has 2 bridgehead atoms. The van der Waals surface area contributed by atoms with E-state index in [1.807, 2.05) is 0 Å². The molecule has 0 radical (unpaired) electrons. The summed E-state index contributed by atoms with van der Waals surface area (Å²) in [7, 11) is 0. The summed E-state index contributed by atoms with van der Waals surface area (Å²) in [5.41, 5.74) is 3.75. The van der Waals surface area contributed by atoms with Crippen molar-refractivity contribution in [3.63, 3.8) is 0 Å². The predicted molar refractivity (Wildman–Crippen MR) is 125 cm³/mol. The van der Waals surface area contributed by atoms with E-state index in [1.54, 1.807) is 18.4 Å². The Morgan fingerprint density at radius 1 is 1.31 bits per heavy atom. The third kappa shape index (κ3) is 3.50. The number of aromatic nitrogens is 4. The van der Waals surface area contributed by atoms with Crippen molar-refractivity contribution in [1.82, 2.24) is 24.8 Å². The SMILES string of the molecule is CCNC(=O)[C@H]1O[C@@H](n2cnc3c(N)nc(C#C[C@@]4(O)CC5CC(C5(C)C)[C@@]4(C)O)nc32)C[C@H]1O. The number of hydrogen-bond acceptors (Lipinski definition) is 9. The summed E-state index contributed by atoms with van der Waals surface area (Å²) < 4.78 is 7.39. The number of nitrogens with two attached hydrogens (primary N) is 1. The van der Waals surface area contributed by atoms with E-state index in [0.29, 0.717) is 24.1 Å². The van der Waals surface area contributed by atoms with Crippen LogP contribution in [0.15, 0.2) is 6.33 Å². The van der Waals surface area contributed by atoms with Crippen molar-refractivity contribution >= 4 is 22.9 Å². The number of amides is 1.